The van der Waals surface area contributed by atoms with Crippen molar-refractivity contribution in [1.82, 2.24) is 4.90 Å². The number of carbonyl (C=O) groups is 1. The number of benzene rings is 6. The number of phenols is 2. The minimum Gasteiger partial charge on any atom is -0.744 e. The second-order valence-corrected chi connectivity index (χ2v) is 20.4. The van der Waals surface area contributed by atoms with Gasteiger partial charge in [0, 0.05) is 41.8 Å². The number of fused-ring (bicyclic) bond motifs is 2. The van der Waals surface area contributed by atoms with Crippen LogP contribution in [0.4, 0.5) is 38.9 Å². The van der Waals surface area contributed by atoms with Gasteiger partial charge in [0.2, 0.25) is 0 Å². The Hall–Kier alpha value is -5.61. The molecule has 0 unspecified atom stereocenters. The molecule has 6 aromatic carbocycles. The Balaban J connectivity index is 0.000000896. The van der Waals surface area contributed by atoms with Gasteiger partial charge in [-0.3, -0.25) is 18.6 Å². The number of urea groups is 1. The van der Waals surface area contributed by atoms with Crippen LogP contribution in [0.2, 0.25) is 0 Å². The van der Waals surface area contributed by atoms with Crippen LogP contribution in [0.1, 0.15) is 11.1 Å². The molecule has 0 heterocycles. The molecule has 0 radical (unpaired) electrons. The maximum atomic E-state index is 13.0. The predicted molar refractivity (Wildman–Crippen MR) is 250 cm³/mol. The van der Waals surface area contributed by atoms with E-state index in [-0.39, 0.29) is 105 Å². The fourth-order valence-electron chi connectivity index (χ4n) is 6.50. The first-order valence-corrected chi connectivity index (χ1v) is 25.5. The van der Waals surface area contributed by atoms with Crippen LogP contribution < -0.4 is 40.2 Å². The number of amides is 2. The summed E-state index contributed by atoms with van der Waals surface area (Å²) in [4.78, 5) is 12.1. The third-order valence-electron chi connectivity index (χ3n) is 9.86. The second-order valence-electron chi connectivity index (χ2n) is 14.8. The molecule has 6 rings (SSSR count). The minimum atomic E-state index is -5.31. The van der Waals surface area contributed by atoms with E-state index in [9.17, 15) is 66.9 Å². The van der Waals surface area contributed by atoms with Crippen LogP contribution in [0.3, 0.4) is 0 Å². The molecule has 2 amide bonds. The van der Waals surface area contributed by atoms with Gasteiger partial charge in [0.25, 0.3) is 30.4 Å². The quantitative estimate of drug-likeness (QED) is 0.0378. The van der Waals surface area contributed by atoms with Crippen LogP contribution in [0.5, 0.6) is 11.5 Å². The number of azo groups is 2. The van der Waals surface area contributed by atoms with E-state index in [1.165, 1.54) is 56.3 Å². The first-order chi connectivity index (χ1) is 32.7. The van der Waals surface area contributed by atoms with Crippen LogP contribution in [-0.2, 0) is 40.5 Å². The van der Waals surface area contributed by atoms with Crippen molar-refractivity contribution in [3.05, 3.63) is 96.1 Å². The first kappa shape index (κ1) is 58.0. The Bertz CT molecular complexity index is 3290. The molecular weight excluding hydrogens is 1030 g/mol. The zero-order valence-electron chi connectivity index (χ0n) is 37.4. The van der Waals surface area contributed by atoms with Gasteiger partial charge in [-0.15, -0.1) is 10.2 Å². The van der Waals surface area contributed by atoms with Gasteiger partial charge in [0.15, 0.2) is 11.5 Å². The predicted octanol–water partition coefficient (Wildman–Crippen LogP) is 2.41. The summed E-state index contributed by atoms with van der Waals surface area (Å²) < 4.78 is 136. The first-order valence-electron chi connectivity index (χ1n) is 19.8. The smallest absolute Gasteiger partial charge is 0.744 e. The van der Waals surface area contributed by atoms with E-state index in [1.54, 1.807) is 4.90 Å². The standard InChI is InChI=1S/C35H28N6O15S4.C6H15NO3.Na/c1-17-11-23(57(45,46)47)5-9-27(17)38-40-31-29(59(51,52)53)15-19-13-21(3-7-25(19)33(31)42)36-35(44)37-22-4-8-26-20(14-22)16-30(60(54,55)56)32(34(26)43)41-39-28-10-6-24(12-18(28)2)58(48,49)50;8-4-1-7(2-5-9)3-6-10;/h3-16,42-43H,1-2H3,(H2,36,37,44)(H,45,46,47)(H,48,49,50)(H,51,52,53)(H,54,55,56);8-10H,1-6H2;/q;;+1/p-1. The molecule has 30 heteroatoms. The van der Waals surface area contributed by atoms with Gasteiger partial charge in [0.1, 0.15) is 26.4 Å². The molecule has 0 fully saturated rings. The molecule has 71 heavy (non-hydrogen) atoms. The Morgan fingerprint density at radius 1 is 0.549 bits per heavy atom. The fourth-order valence-corrected chi connectivity index (χ4v) is 8.94. The summed E-state index contributed by atoms with van der Waals surface area (Å²) in [5, 5.41) is 67.6. The number of nitrogens with one attached hydrogen (secondary N) is 2. The van der Waals surface area contributed by atoms with E-state index >= 15 is 0 Å². The summed E-state index contributed by atoms with van der Waals surface area (Å²) >= 11 is 0. The summed E-state index contributed by atoms with van der Waals surface area (Å²) in [5.41, 5.74) is -0.896. The summed E-state index contributed by atoms with van der Waals surface area (Å²) in [6.45, 7) is 4.60. The maximum Gasteiger partial charge on any atom is 1.00 e. The zero-order chi connectivity index (χ0) is 51.9. The third kappa shape index (κ3) is 15.0. The van der Waals surface area contributed by atoms with Crippen molar-refractivity contribution in [1.29, 1.82) is 0 Å². The number of carbonyl (C=O) groups excluding carboxylic acids is 1. The van der Waals surface area contributed by atoms with Crippen LogP contribution in [-0.4, -0.2) is 128 Å². The average molecular weight is 1070 g/mol. The summed E-state index contributed by atoms with van der Waals surface area (Å²) in [7, 11) is -19.4. The Labute approximate surface area is 427 Å². The average Bonchev–Trinajstić information content (AvgIpc) is 3.25. The molecule has 0 aliphatic carbocycles. The number of aryl methyl sites for hydroxylation is 2. The van der Waals surface area contributed by atoms with Gasteiger partial charge >= 0.3 is 35.6 Å². The Kier molecular flexibility index (Phi) is 19.4. The largest absolute Gasteiger partial charge is 1.00 e. The number of aromatic hydroxyl groups is 2. The van der Waals surface area contributed by atoms with Gasteiger partial charge in [-0.25, -0.2) is 13.2 Å². The molecule has 25 nitrogen and oxygen atoms in total. The molecule has 10 N–H and O–H groups in total. The maximum absolute atomic E-state index is 13.0. The molecule has 374 valence electrons. The van der Waals surface area contributed by atoms with Crippen molar-refractivity contribution in [3.63, 3.8) is 0 Å². The van der Waals surface area contributed by atoms with Crippen LogP contribution >= 0.6 is 0 Å². The molecule has 0 aliphatic rings. The molecule has 0 atom stereocenters. The molecule has 0 spiro atoms. The van der Waals surface area contributed by atoms with Crippen molar-refractivity contribution >= 4 is 102 Å². The summed E-state index contributed by atoms with van der Waals surface area (Å²) in [6.07, 6.45) is 0. The van der Waals surface area contributed by atoms with Crippen molar-refractivity contribution in [3.8, 4) is 11.5 Å². The number of aliphatic hydroxyl groups excluding tert-OH is 3. The molecule has 0 aromatic heterocycles. The SMILES string of the molecule is Cc1cc(S(=O)(=O)O)ccc1N=Nc1c(S(=O)(=O)[O-])cc2cc(NC(=O)Nc3ccc4c(O)c(N=Nc5ccc(S(=O)(=O)O)cc5C)c(S(=O)(=O)O)cc4c3)ccc2c1O.OCCN(CCO)CCO.[Na+]. The second kappa shape index (κ2) is 23.7. The number of hydrogen-bond acceptors (Lipinski definition) is 20. The number of phenolic OH excluding ortho intramolecular Hbond substituents is 2. The monoisotopic (exact) mass is 1070 g/mol. The van der Waals surface area contributed by atoms with Crippen LogP contribution in [0.25, 0.3) is 21.5 Å². The van der Waals surface area contributed by atoms with Crippen molar-refractivity contribution < 1.29 is 112 Å². The fraction of sp³-hybridized carbons (Fsp3) is 0.195. The van der Waals surface area contributed by atoms with Crippen molar-refractivity contribution in [2.45, 2.75) is 33.4 Å². The normalized spacial score (nSPS) is 12.3. The number of rotatable bonds is 16. The van der Waals surface area contributed by atoms with Gasteiger partial charge in [-0.05, 0) is 121 Å². The molecule has 0 saturated carbocycles. The zero-order valence-corrected chi connectivity index (χ0v) is 42.6. The number of aliphatic hydroxyl groups is 3. The Morgan fingerprint density at radius 3 is 1.27 bits per heavy atom. The molecular formula is C41H42N7NaO18S4. The number of nitrogens with zero attached hydrogens (tertiary/aromatic N) is 5. The van der Waals surface area contributed by atoms with E-state index in [0.29, 0.717) is 19.6 Å². The van der Waals surface area contributed by atoms with Crippen LogP contribution in [0.15, 0.2) is 125 Å². The van der Waals surface area contributed by atoms with Crippen molar-refractivity contribution in [2.75, 3.05) is 50.1 Å². The molecule has 6 aromatic rings. The molecule has 0 aliphatic heterocycles. The number of anilines is 2. The summed E-state index contributed by atoms with van der Waals surface area (Å²) in [5.74, 6) is -1.51. The minimum absolute atomic E-state index is 0. The molecule has 0 saturated heterocycles. The third-order valence-corrected chi connectivity index (χ3v) is 13.3. The van der Waals surface area contributed by atoms with Gasteiger partial charge < -0.3 is 40.7 Å². The van der Waals surface area contributed by atoms with Gasteiger partial charge in [-0.2, -0.15) is 35.5 Å². The summed E-state index contributed by atoms with van der Waals surface area (Å²) in [6, 6.07) is 15.1. The van der Waals surface area contributed by atoms with E-state index in [1.807, 2.05) is 0 Å². The van der Waals surface area contributed by atoms with Gasteiger partial charge in [0.05, 0.1) is 45.9 Å². The Morgan fingerprint density at radius 2 is 0.930 bits per heavy atom. The van der Waals surface area contributed by atoms with E-state index in [2.05, 4.69) is 31.1 Å². The topological polar surface area (TPSA) is 415 Å². The van der Waals surface area contributed by atoms with E-state index < -0.39 is 89.0 Å². The van der Waals surface area contributed by atoms with Crippen LogP contribution in [0, 0.1) is 13.8 Å². The number of hydrogen-bond donors (Lipinski definition) is 10. The molecule has 0 bridgehead atoms. The van der Waals surface area contributed by atoms with E-state index in [0.717, 1.165) is 42.5 Å². The van der Waals surface area contributed by atoms with E-state index in [4.69, 9.17) is 15.3 Å². The van der Waals surface area contributed by atoms with Gasteiger partial charge in [-0.1, -0.05) is 0 Å². The van der Waals surface area contributed by atoms with Crippen molar-refractivity contribution in [2.24, 2.45) is 20.5 Å².